The summed E-state index contributed by atoms with van der Waals surface area (Å²) in [5, 5.41) is 0. The molecule has 0 amide bonds. The second-order valence-corrected chi connectivity index (χ2v) is 5.36. The maximum atomic E-state index is 12.1. The Morgan fingerprint density at radius 2 is 1.79 bits per heavy atom. The van der Waals surface area contributed by atoms with Crippen molar-refractivity contribution < 1.29 is 19.0 Å². The van der Waals surface area contributed by atoms with E-state index in [1.807, 2.05) is 26.8 Å². The normalized spacial score (nSPS) is 12.7. The van der Waals surface area contributed by atoms with Gasteiger partial charge in [0.15, 0.2) is 0 Å². The maximum Gasteiger partial charge on any atom is 0.313 e. The van der Waals surface area contributed by atoms with Gasteiger partial charge in [-0.1, -0.05) is 6.07 Å². The fourth-order valence-electron chi connectivity index (χ4n) is 1.69. The van der Waals surface area contributed by atoms with Crippen LogP contribution in [0.4, 0.5) is 0 Å². The lowest BCUT2D eigenvalue weighted by atomic mass is 9.99. The van der Waals surface area contributed by atoms with Crippen molar-refractivity contribution in [2.75, 3.05) is 14.2 Å². The predicted octanol–water partition coefficient (Wildman–Crippen LogP) is 3.15. The minimum absolute atomic E-state index is 0.268. The van der Waals surface area contributed by atoms with E-state index in [0.29, 0.717) is 11.5 Å². The fourth-order valence-corrected chi connectivity index (χ4v) is 1.69. The van der Waals surface area contributed by atoms with Gasteiger partial charge in [-0.15, -0.1) is 0 Å². The van der Waals surface area contributed by atoms with Gasteiger partial charge in [-0.25, -0.2) is 0 Å². The molecule has 1 unspecified atom stereocenters. The molecule has 0 fully saturated rings. The Hall–Kier alpha value is -1.71. The molecule has 0 aliphatic carbocycles. The van der Waals surface area contributed by atoms with Crippen LogP contribution in [0.5, 0.6) is 11.5 Å². The van der Waals surface area contributed by atoms with E-state index < -0.39 is 5.60 Å². The number of methoxy groups -OCH3 is 2. The molecule has 0 aliphatic heterocycles. The summed E-state index contributed by atoms with van der Waals surface area (Å²) in [6, 6.07) is 5.39. The van der Waals surface area contributed by atoms with E-state index in [1.165, 1.54) is 0 Å². The highest BCUT2D eigenvalue weighted by atomic mass is 16.6. The van der Waals surface area contributed by atoms with Crippen LogP contribution >= 0.6 is 0 Å². The first-order valence-corrected chi connectivity index (χ1v) is 6.23. The van der Waals surface area contributed by atoms with Crippen molar-refractivity contribution >= 4 is 5.97 Å². The molecule has 1 aromatic rings. The SMILES string of the molecule is COc1ccc(C(C)C(=O)OC(C)(C)C)c(OC)c1. The molecule has 0 saturated heterocycles. The van der Waals surface area contributed by atoms with E-state index in [9.17, 15) is 4.79 Å². The summed E-state index contributed by atoms with van der Waals surface area (Å²) in [6.45, 7) is 7.35. The summed E-state index contributed by atoms with van der Waals surface area (Å²) in [5.74, 6) is 0.658. The molecule has 0 N–H and O–H groups in total. The summed E-state index contributed by atoms with van der Waals surface area (Å²) in [6.07, 6.45) is 0. The van der Waals surface area contributed by atoms with Gasteiger partial charge in [-0.05, 0) is 33.8 Å². The molecule has 106 valence electrons. The number of ether oxygens (including phenoxy) is 3. The van der Waals surface area contributed by atoms with Gasteiger partial charge in [0.2, 0.25) is 0 Å². The van der Waals surface area contributed by atoms with E-state index in [2.05, 4.69) is 0 Å². The lowest BCUT2D eigenvalue weighted by molar-refractivity contribution is -0.156. The summed E-state index contributed by atoms with van der Waals surface area (Å²) in [7, 11) is 3.16. The second kappa shape index (κ2) is 5.95. The van der Waals surface area contributed by atoms with Crippen molar-refractivity contribution in [3.63, 3.8) is 0 Å². The van der Waals surface area contributed by atoms with Gasteiger partial charge in [0, 0.05) is 11.6 Å². The molecule has 19 heavy (non-hydrogen) atoms. The third-order valence-electron chi connectivity index (χ3n) is 2.67. The predicted molar refractivity (Wildman–Crippen MR) is 73.8 cm³/mol. The van der Waals surface area contributed by atoms with Gasteiger partial charge in [0.05, 0.1) is 20.1 Å². The van der Waals surface area contributed by atoms with Crippen molar-refractivity contribution in [3.8, 4) is 11.5 Å². The van der Waals surface area contributed by atoms with E-state index in [4.69, 9.17) is 14.2 Å². The number of rotatable bonds is 4. The van der Waals surface area contributed by atoms with Crippen LogP contribution in [0, 0.1) is 0 Å². The summed E-state index contributed by atoms with van der Waals surface area (Å²) in [4.78, 5) is 12.1. The van der Waals surface area contributed by atoms with Crippen molar-refractivity contribution in [1.29, 1.82) is 0 Å². The molecule has 4 heteroatoms. The van der Waals surface area contributed by atoms with Crippen LogP contribution in [0.25, 0.3) is 0 Å². The highest BCUT2D eigenvalue weighted by Crippen LogP contribution is 2.31. The third-order valence-corrected chi connectivity index (χ3v) is 2.67. The molecule has 1 rings (SSSR count). The Balaban J connectivity index is 2.99. The Labute approximate surface area is 114 Å². The van der Waals surface area contributed by atoms with Gasteiger partial charge in [-0.3, -0.25) is 4.79 Å². The number of hydrogen-bond donors (Lipinski definition) is 0. The Bertz CT molecular complexity index is 446. The first kappa shape index (κ1) is 15.3. The first-order valence-electron chi connectivity index (χ1n) is 6.23. The van der Waals surface area contributed by atoms with Crippen LogP contribution in [0.3, 0.4) is 0 Å². The minimum Gasteiger partial charge on any atom is -0.497 e. The molecule has 4 nitrogen and oxygen atoms in total. The Morgan fingerprint density at radius 3 is 2.26 bits per heavy atom. The highest BCUT2D eigenvalue weighted by molar-refractivity contribution is 5.79. The smallest absolute Gasteiger partial charge is 0.313 e. The molecule has 0 spiro atoms. The van der Waals surface area contributed by atoms with Gasteiger partial charge in [0.1, 0.15) is 17.1 Å². The van der Waals surface area contributed by atoms with Crippen LogP contribution < -0.4 is 9.47 Å². The molecule has 0 heterocycles. The molecule has 0 bridgehead atoms. The summed E-state index contributed by atoms with van der Waals surface area (Å²) >= 11 is 0. The third kappa shape index (κ3) is 4.16. The minimum atomic E-state index is -0.495. The lowest BCUT2D eigenvalue weighted by Crippen LogP contribution is -2.27. The maximum absolute atomic E-state index is 12.1. The van der Waals surface area contributed by atoms with Crippen molar-refractivity contribution in [3.05, 3.63) is 23.8 Å². The molecular formula is C15H22O4. The monoisotopic (exact) mass is 266 g/mol. The molecule has 0 radical (unpaired) electrons. The molecular weight excluding hydrogens is 244 g/mol. The largest absolute Gasteiger partial charge is 0.497 e. The Kier molecular flexibility index (Phi) is 4.81. The number of carbonyl (C=O) groups is 1. The number of benzene rings is 1. The zero-order valence-corrected chi connectivity index (χ0v) is 12.4. The van der Waals surface area contributed by atoms with Gasteiger partial charge in [0.25, 0.3) is 0 Å². The first-order chi connectivity index (χ1) is 8.78. The quantitative estimate of drug-likeness (QED) is 0.785. The molecule has 0 saturated carbocycles. The van der Waals surface area contributed by atoms with E-state index in [0.717, 1.165) is 5.56 Å². The van der Waals surface area contributed by atoms with Crippen LogP contribution in [0.2, 0.25) is 0 Å². The van der Waals surface area contributed by atoms with Crippen molar-refractivity contribution in [2.24, 2.45) is 0 Å². The summed E-state index contributed by atoms with van der Waals surface area (Å²) in [5.41, 5.74) is 0.294. The average molecular weight is 266 g/mol. The number of carbonyl (C=O) groups excluding carboxylic acids is 1. The van der Waals surface area contributed by atoms with Crippen LogP contribution in [-0.4, -0.2) is 25.8 Å². The van der Waals surface area contributed by atoms with Crippen molar-refractivity contribution in [2.45, 2.75) is 39.2 Å². The van der Waals surface area contributed by atoms with E-state index in [-0.39, 0.29) is 11.9 Å². The van der Waals surface area contributed by atoms with Crippen LogP contribution in [-0.2, 0) is 9.53 Å². The molecule has 1 atom stereocenters. The number of hydrogen-bond acceptors (Lipinski definition) is 4. The number of esters is 1. The van der Waals surface area contributed by atoms with Gasteiger partial charge in [-0.2, -0.15) is 0 Å². The van der Waals surface area contributed by atoms with Gasteiger partial charge >= 0.3 is 5.97 Å². The van der Waals surface area contributed by atoms with Crippen LogP contribution in [0.1, 0.15) is 39.2 Å². The average Bonchev–Trinajstić information content (AvgIpc) is 2.35. The van der Waals surface area contributed by atoms with E-state index >= 15 is 0 Å². The van der Waals surface area contributed by atoms with E-state index in [1.54, 1.807) is 33.3 Å². The standard InChI is InChI=1S/C15H22O4/c1-10(14(16)19-15(2,3)4)12-8-7-11(17-5)9-13(12)18-6/h7-10H,1-6H3. The second-order valence-electron chi connectivity index (χ2n) is 5.36. The summed E-state index contributed by atoms with van der Waals surface area (Å²) < 4.78 is 15.8. The molecule has 1 aromatic carbocycles. The zero-order valence-electron chi connectivity index (χ0n) is 12.4. The Morgan fingerprint density at radius 1 is 1.16 bits per heavy atom. The zero-order chi connectivity index (χ0) is 14.6. The molecule has 0 aromatic heterocycles. The fraction of sp³-hybridized carbons (Fsp3) is 0.533. The van der Waals surface area contributed by atoms with Gasteiger partial charge < -0.3 is 14.2 Å². The topological polar surface area (TPSA) is 44.8 Å². The van der Waals surface area contributed by atoms with Crippen LogP contribution in [0.15, 0.2) is 18.2 Å². The van der Waals surface area contributed by atoms with Crippen molar-refractivity contribution in [1.82, 2.24) is 0 Å². The molecule has 0 aliphatic rings. The lowest BCUT2D eigenvalue weighted by Gasteiger charge is -2.23. The highest BCUT2D eigenvalue weighted by Gasteiger charge is 2.25.